The standard InChI is InChI=1S/C40H52F3N5O9S/c1-6-17-56-31-21-44-34(29-14-10-9-13-28(29)31)57-26-19-30-33(49)45-39(36(51)46-58(54,55)27-15-16-27)20-25(39)12-8-7-11-23(2)18-24(3)32(35(50)47(30)22-26)48(37(52)53)38(4,5)40(41,42)43/h8-10,12-14,21,23-27,30,32H,6-7,11,15-20,22H2,1-5H3,(H,45,49)(H,46,51)(H,52,53)/t23-,24+,25+,26+,30-,32-,39+/m0/s1. The number of sulfonamides is 1. The van der Waals surface area contributed by atoms with Gasteiger partial charge in [-0.05, 0) is 76.7 Å². The average Bonchev–Trinajstić information content (AvgIpc) is 4.07. The molecule has 7 atom stereocenters. The van der Waals surface area contributed by atoms with Crippen LogP contribution in [0.4, 0.5) is 18.0 Å². The van der Waals surface area contributed by atoms with Crippen LogP contribution in [0.15, 0.2) is 42.6 Å². The van der Waals surface area contributed by atoms with Gasteiger partial charge in [0.1, 0.15) is 35.0 Å². The molecule has 0 bridgehead atoms. The first-order valence-electron chi connectivity index (χ1n) is 19.8. The Morgan fingerprint density at radius 1 is 1.10 bits per heavy atom. The van der Waals surface area contributed by atoms with Crippen molar-refractivity contribution < 1.29 is 55.3 Å². The van der Waals surface area contributed by atoms with E-state index in [4.69, 9.17) is 9.47 Å². The molecule has 2 aliphatic carbocycles. The Labute approximate surface area is 335 Å². The smallest absolute Gasteiger partial charge is 0.411 e. The van der Waals surface area contributed by atoms with Crippen LogP contribution in [0, 0.1) is 17.8 Å². The number of carbonyl (C=O) groups is 4. The number of nitrogens with one attached hydrogen (secondary N) is 2. The molecule has 1 aromatic carbocycles. The third kappa shape index (κ3) is 8.57. The van der Waals surface area contributed by atoms with E-state index in [9.17, 15) is 45.9 Å². The van der Waals surface area contributed by atoms with Gasteiger partial charge in [0, 0.05) is 23.1 Å². The second-order valence-corrected chi connectivity index (χ2v) is 18.7. The molecule has 3 N–H and O–H groups in total. The molecule has 0 spiro atoms. The molecule has 0 unspecified atom stereocenters. The normalized spacial score (nSPS) is 28.4. The number of carboxylic acid groups (broad SMARTS) is 1. The van der Waals surface area contributed by atoms with E-state index in [0.717, 1.165) is 11.3 Å². The predicted octanol–water partition coefficient (Wildman–Crippen LogP) is 5.56. The van der Waals surface area contributed by atoms with Gasteiger partial charge in [-0.25, -0.2) is 18.2 Å². The summed E-state index contributed by atoms with van der Waals surface area (Å²) in [4.78, 5) is 61.9. The Bertz CT molecular complexity index is 2060. The van der Waals surface area contributed by atoms with Crippen LogP contribution in [0.3, 0.4) is 0 Å². The van der Waals surface area contributed by atoms with E-state index >= 15 is 0 Å². The Hall–Kier alpha value is -4.61. The molecule has 4 amide bonds. The third-order valence-corrected chi connectivity index (χ3v) is 13.6. The molecule has 0 radical (unpaired) electrons. The average molecular weight is 836 g/mol. The van der Waals surface area contributed by atoms with E-state index in [1.165, 1.54) is 13.1 Å². The van der Waals surface area contributed by atoms with Crippen LogP contribution in [0.1, 0.15) is 86.0 Å². The number of hydrogen-bond acceptors (Lipinski definition) is 9. The zero-order chi connectivity index (χ0) is 42.4. The number of nitrogens with zero attached hydrogens (tertiary/aromatic N) is 3. The van der Waals surface area contributed by atoms with Crippen LogP contribution in [0.5, 0.6) is 11.6 Å². The lowest BCUT2D eigenvalue weighted by Gasteiger charge is -2.45. The molecule has 1 aromatic heterocycles. The van der Waals surface area contributed by atoms with Crippen LogP contribution in [0.2, 0.25) is 0 Å². The number of alkyl halides is 3. The van der Waals surface area contributed by atoms with E-state index in [2.05, 4.69) is 15.0 Å². The molecule has 4 aliphatic rings. The van der Waals surface area contributed by atoms with Crippen molar-refractivity contribution in [3.05, 3.63) is 42.6 Å². The van der Waals surface area contributed by atoms with Gasteiger partial charge < -0.3 is 24.8 Å². The molecule has 318 valence electrons. The highest BCUT2D eigenvalue weighted by atomic mass is 32.2. The Balaban J connectivity index is 1.42. The van der Waals surface area contributed by atoms with Gasteiger partial charge >= 0.3 is 12.3 Å². The van der Waals surface area contributed by atoms with Crippen molar-refractivity contribution in [1.29, 1.82) is 0 Å². The minimum atomic E-state index is -5.09. The van der Waals surface area contributed by atoms with E-state index in [1.807, 2.05) is 26.0 Å². The summed E-state index contributed by atoms with van der Waals surface area (Å²) in [5.41, 5.74) is -4.73. The monoisotopic (exact) mass is 835 g/mol. The van der Waals surface area contributed by atoms with Gasteiger partial charge in [0.05, 0.1) is 24.6 Å². The molecule has 14 nitrogen and oxygen atoms in total. The summed E-state index contributed by atoms with van der Waals surface area (Å²) < 4.78 is 84.3. The Morgan fingerprint density at radius 3 is 2.43 bits per heavy atom. The van der Waals surface area contributed by atoms with Crippen molar-refractivity contribution in [3.8, 4) is 11.6 Å². The Kier molecular flexibility index (Phi) is 12.0. The number of ether oxygens (including phenoxy) is 2. The quantitative estimate of drug-likeness (QED) is 0.256. The fourth-order valence-corrected chi connectivity index (χ4v) is 9.57. The molecule has 1 saturated heterocycles. The number of rotatable bonds is 10. The molecule has 3 fully saturated rings. The molecule has 2 aliphatic heterocycles. The first-order chi connectivity index (χ1) is 27.2. The lowest BCUT2D eigenvalue weighted by atomic mass is 9.85. The molecule has 2 saturated carbocycles. The topological polar surface area (TPSA) is 185 Å². The first kappa shape index (κ1) is 43.0. The Morgan fingerprint density at radius 2 is 1.79 bits per heavy atom. The maximum atomic E-state index is 15.0. The van der Waals surface area contributed by atoms with Crippen molar-refractivity contribution in [3.63, 3.8) is 0 Å². The van der Waals surface area contributed by atoms with E-state index in [-0.39, 0.29) is 42.5 Å². The molecular weight excluding hydrogens is 784 g/mol. The van der Waals surface area contributed by atoms with E-state index in [1.54, 1.807) is 24.3 Å². The van der Waals surface area contributed by atoms with Crippen molar-refractivity contribution in [2.75, 3.05) is 13.2 Å². The molecule has 6 rings (SSSR count). The summed E-state index contributed by atoms with van der Waals surface area (Å²) >= 11 is 0. The zero-order valence-corrected chi connectivity index (χ0v) is 34.1. The fourth-order valence-electron chi connectivity index (χ4n) is 8.20. The summed E-state index contributed by atoms with van der Waals surface area (Å²) in [7, 11) is -4.02. The number of aromatic nitrogens is 1. The minimum absolute atomic E-state index is 0.0615. The number of carbonyl (C=O) groups excluding carboxylic acids is 3. The number of allylic oxidation sites excluding steroid dienone is 1. The van der Waals surface area contributed by atoms with Gasteiger partial charge in [0.2, 0.25) is 27.7 Å². The first-order valence-corrected chi connectivity index (χ1v) is 21.4. The second-order valence-electron chi connectivity index (χ2n) is 16.7. The summed E-state index contributed by atoms with van der Waals surface area (Å²) in [6, 6.07) is 3.78. The van der Waals surface area contributed by atoms with Gasteiger partial charge in [0.15, 0.2) is 0 Å². The van der Waals surface area contributed by atoms with Crippen LogP contribution in [-0.2, 0) is 24.4 Å². The number of halogens is 3. The van der Waals surface area contributed by atoms with Crippen LogP contribution in [-0.4, -0.2) is 106 Å². The SMILES string of the molecule is CCCOc1cnc(O[C@@H]2C[C@H]3C(=O)N[C@]4(C(=O)NS(=O)(=O)C5CC5)C[C@H]4C=CCC[C@H](C)C[C@@H](C)[C@H](N(C(=O)O)C(C)(C)C(F)(F)F)C(=O)N3C2)c2ccccc12. The second kappa shape index (κ2) is 16.2. The van der Waals surface area contributed by atoms with Crippen molar-refractivity contribution in [2.24, 2.45) is 17.8 Å². The van der Waals surface area contributed by atoms with Gasteiger partial charge in [0.25, 0.3) is 5.91 Å². The van der Waals surface area contributed by atoms with Crippen molar-refractivity contribution in [1.82, 2.24) is 24.8 Å². The van der Waals surface area contributed by atoms with Crippen LogP contribution >= 0.6 is 0 Å². The molecule has 58 heavy (non-hydrogen) atoms. The van der Waals surface area contributed by atoms with E-state index < -0.39 is 86.4 Å². The number of amides is 4. The third-order valence-electron chi connectivity index (χ3n) is 11.8. The molecular formula is C40H52F3N5O9S. The zero-order valence-electron chi connectivity index (χ0n) is 33.3. The van der Waals surface area contributed by atoms with Crippen molar-refractivity contribution >= 4 is 44.6 Å². The lowest BCUT2D eigenvalue weighted by molar-refractivity contribution is -0.222. The highest BCUT2D eigenvalue weighted by Crippen LogP contribution is 2.47. The summed E-state index contributed by atoms with van der Waals surface area (Å²) in [5, 5.41) is 13.7. The fraction of sp³-hybridized carbons (Fsp3) is 0.625. The largest absolute Gasteiger partial charge is 0.491 e. The number of benzene rings is 1. The highest BCUT2D eigenvalue weighted by molar-refractivity contribution is 7.91. The summed E-state index contributed by atoms with van der Waals surface area (Å²) in [5.74, 6) is -3.92. The van der Waals surface area contributed by atoms with Crippen LogP contribution < -0.4 is 19.5 Å². The van der Waals surface area contributed by atoms with Gasteiger partial charge in [-0.2, -0.15) is 13.2 Å². The van der Waals surface area contributed by atoms with E-state index in [0.29, 0.717) is 62.7 Å². The lowest BCUT2D eigenvalue weighted by Crippen LogP contribution is -2.66. The minimum Gasteiger partial charge on any atom is -0.491 e. The van der Waals surface area contributed by atoms with Gasteiger partial charge in [-0.3, -0.25) is 24.0 Å². The van der Waals surface area contributed by atoms with Crippen LogP contribution in [0.25, 0.3) is 10.8 Å². The molecule has 18 heteroatoms. The van der Waals surface area contributed by atoms with Gasteiger partial charge in [-0.1, -0.05) is 51.1 Å². The number of pyridine rings is 1. The summed E-state index contributed by atoms with van der Waals surface area (Å²) in [6.45, 7) is 6.81. The number of fused-ring (bicyclic) bond motifs is 3. The van der Waals surface area contributed by atoms with Crippen molar-refractivity contribution in [2.45, 2.75) is 127 Å². The number of hydrogen-bond donors (Lipinski definition) is 3. The molecule has 3 heterocycles. The predicted molar refractivity (Wildman–Crippen MR) is 206 cm³/mol. The molecule has 2 aromatic rings. The van der Waals surface area contributed by atoms with Gasteiger partial charge in [-0.15, -0.1) is 0 Å². The maximum absolute atomic E-state index is 15.0. The highest BCUT2D eigenvalue weighted by Gasteiger charge is 2.63. The maximum Gasteiger partial charge on any atom is 0.411 e. The summed E-state index contributed by atoms with van der Waals surface area (Å²) in [6.07, 6.45) is -0.475.